The van der Waals surface area contributed by atoms with E-state index >= 15 is 0 Å². The molecule has 20 heavy (non-hydrogen) atoms. The first kappa shape index (κ1) is 13.1. The largest absolute Gasteiger partial charge is 0.381 e. The second-order valence-corrected chi connectivity index (χ2v) is 5.32. The van der Waals surface area contributed by atoms with Crippen LogP contribution in [-0.2, 0) is 4.74 Å². The van der Waals surface area contributed by atoms with Gasteiger partial charge in [0.25, 0.3) is 0 Å². The maximum Gasteiger partial charge on any atom is 0.155 e. The molecule has 6 heteroatoms. The molecule has 3 heterocycles. The zero-order chi connectivity index (χ0) is 13.9. The maximum absolute atomic E-state index is 5.75. The second-order valence-electron chi connectivity index (χ2n) is 5.32. The number of ether oxygens (including phenoxy) is 1. The first-order chi connectivity index (χ1) is 9.70. The molecule has 6 nitrogen and oxygen atoms in total. The quantitative estimate of drug-likeness (QED) is 0.927. The molecular weight excluding hydrogens is 254 g/mol. The van der Waals surface area contributed by atoms with Crippen LogP contribution in [-0.4, -0.2) is 38.0 Å². The molecule has 1 N–H and O–H groups in total. The molecule has 0 aromatic carbocycles. The summed E-state index contributed by atoms with van der Waals surface area (Å²) in [5, 5.41) is 7.58. The second kappa shape index (κ2) is 5.58. The van der Waals surface area contributed by atoms with E-state index in [0.717, 1.165) is 24.3 Å². The van der Waals surface area contributed by atoms with Crippen LogP contribution in [0.15, 0.2) is 31.0 Å². The van der Waals surface area contributed by atoms with Gasteiger partial charge in [-0.25, -0.2) is 14.6 Å². The summed E-state index contributed by atoms with van der Waals surface area (Å²) in [6.45, 7) is 4.24. The SMILES string of the molecule is CC1CC(Nc2ccc(-n3cncn3)nc2)CC(C)O1. The van der Waals surface area contributed by atoms with Crippen LogP contribution in [0.1, 0.15) is 26.7 Å². The molecule has 2 aromatic heterocycles. The summed E-state index contributed by atoms with van der Waals surface area (Å²) >= 11 is 0. The van der Waals surface area contributed by atoms with Gasteiger partial charge >= 0.3 is 0 Å². The lowest BCUT2D eigenvalue weighted by atomic mass is 10.00. The molecule has 0 amide bonds. The normalized spacial score (nSPS) is 26.4. The van der Waals surface area contributed by atoms with Gasteiger partial charge in [0, 0.05) is 6.04 Å². The smallest absolute Gasteiger partial charge is 0.155 e. The van der Waals surface area contributed by atoms with E-state index in [-0.39, 0.29) is 0 Å². The van der Waals surface area contributed by atoms with Gasteiger partial charge in [-0.3, -0.25) is 0 Å². The summed E-state index contributed by atoms with van der Waals surface area (Å²) in [4.78, 5) is 8.30. The van der Waals surface area contributed by atoms with Crippen LogP contribution in [0.2, 0.25) is 0 Å². The fourth-order valence-electron chi connectivity index (χ4n) is 2.69. The maximum atomic E-state index is 5.75. The number of pyridine rings is 1. The molecule has 1 fully saturated rings. The fourth-order valence-corrected chi connectivity index (χ4v) is 2.69. The van der Waals surface area contributed by atoms with Gasteiger partial charge in [0.05, 0.1) is 24.1 Å². The lowest BCUT2D eigenvalue weighted by Gasteiger charge is -2.33. The summed E-state index contributed by atoms with van der Waals surface area (Å²) in [6, 6.07) is 4.39. The minimum atomic E-state index is 0.304. The van der Waals surface area contributed by atoms with Gasteiger partial charge in [-0.05, 0) is 38.8 Å². The van der Waals surface area contributed by atoms with Crippen molar-refractivity contribution in [1.82, 2.24) is 19.7 Å². The molecule has 0 aliphatic carbocycles. The molecule has 0 radical (unpaired) electrons. The standard InChI is InChI=1S/C14H19N5O/c1-10-5-13(6-11(2)20-10)18-12-3-4-14(16-7-12)19-9-15-8-17-19/h3-4,7-11,13,18H,5-6H2,1-2H3. The van der Waals surface area contributed by atoms with Gasteiger partial charge in [0.15, 0.2) is 5.82 Å². The summed E-state index contributed by atoms with van der Waals surface area (Å²) in [6.07, 6.45) is 7.62. The molecule has 3 rings (SSSR count). The summed E-state index contributed by atoms with van der Waals surface area (Å²) in [5.74, 6) is 0.766. The van der Waals surface area contributed by atoms with E-state index < -0.39 is 0 Å². The van der Waals surface area contributed by atoms with Crippen molar-refractivity contribution >= 4 is 5.69 Å². The first-order valence-electron chi connectivity index (χ1n) is 6.94. The Hall–Kier alpha value is -1.95. The van der Waals surface area contributed by atoms with Crippen molar-refractivity contribution in [3.63, 3.8) is 0 Å². The van der Waals surface area contributed by atoms with Gasteiger partial charge in [-0.1, -0.05) is 0 Å². The summed E-state index contributed by atoms with van der Waals surface area (Å²) < 4.78 is 7.39. The minimum Gasteiger partial charge on any atom is -0.381 e. The monoisotopic (exact) mass is 273 g/mol. The molecule has 0 spiro atoms. The van der Waals surface area contributed by atoms with Crippen molar-refractivity contribution in [2.75, 3.05) is 5.32 Å². The highest BCUT2D eigenvalue weighted by Gasteiger charge is 2.24. The van der Waals surface area contributed by atoms with Gasteiger partial charge in [0.1, 0.15) is 12.7 Å². The number of hydrogen-bond donors (Lipinski definition) is 1. The average molecular weight is 273 g/mol. The van der Waals surface area contributed by atoms with E-state index in [1.54, 1.807) is 11.0 Å². The molecule has 1 aliphatic heterocycles. The third-order valence-corrected chi connectivity index (χ3v) is 3.47. The molecular formula is C14H19N5O. The Labute approximate surface area is 118 Å². The van der Waals surface area contributed by atoms with Crippen LogP contribution < -0.4 is 5.32 Å². The molecule has 106 valence electrons. The topological polar surface area (TPSA) is 64.9 Å². The fraction of sp³-hybridized carbons (Fsp3) is 0.500. The van der Waals surface area contributed by atoms with E-state index in [9.17, 15) is 0 Å². The molecule has 2 aromatic rings. The van der Waals surface area contributed by atoms with E-state index in [0.29, 0.717) is 18.2 Å². The van der Waals surface area contributed by atoms with Crippen LogP contribution in [0.5, 0.6) is 0 Å². The Bertz CT molecular complexity index is 529. The Balaban J connectivity index is 1.66. The number of hydrogen-bond acceptors (Lipinski definition) is 5. The highest BCUT2D eigenvalue weighted by molar-refractivity contribution is 5.44. The molecule has 0 saturated carbocycles. The molecule has 0 bridgehead atoms. The van der Waals surface area contributed by atoms with Crippen LogP contribution >= 0.6 is 0 Å². The Kier molecular flexibility index (Phi) is 3.64. The Morgan fingerprint density at radius 1 is 1.25 bits per heavy atom. The van der Waals surface area contributed by atoms with Crippen molar-refractivity contribution in [3.05, 3.63) is 31.0 Å². The van der Waals surface area contributed by atoms with Gasteiger partial charge in [-0.15, -0.1) is 0 Å². The number of nitrogens with zero attached hydrogens (tertiary/aromatic N) is 4. The molecule has 1 saturated heterocycles. The third-order valence-electron chi connectivity index (χ3n) is 3.47. The third kappa shape index (κ3) is 2.96. The van der Waals surface area contributed by atoms with Crippen LogP contribution in [0.4, 0.5) is 5.69 Å². The lowest BCUT2D eigenvalue weighted by Crippen LogP contribution is -2.36. The predicted octanol–water partition coefficient (Wildman–Crippen LogP) is 2.03. The van der Waals surface area contributed by atoms with E-state index in [1.165, 1.54) is 6.33 Å². The number of anilines is 1. The van der Waals surface area contributed by atoms with Crippen LogP contribution in [0, 0.1) is 0 Å². The van der Waals surface area contributed by atoms with Crippen molar-refractivity contribution in [2.45, 2.75) is 44.9 Å². The molecule has 2 unspecified atom stereocenters. The van der Waals surface area contributed by atoms with Crippen molar-refractivity contribution in [2.24, 2.45) is 0 Å². The zero-order valence-electron chi connectivity index (χ0n) is 11.7. The number of nitrogens with one attached hydrogen (secondary N) is 1. The average Bonchev–Trinajstić information content (AvgIpc) is 2.92. The first-order valence-corrected chi connectivity index (χ1v) is 6.94. The lowest BCUT2D eigenvalue weighted by molar-refractivity contribution is -0.0337. The highest BCUT2D eigenvalue weighted by atomic mass is 16.5. The summed E-state index contributed by atoms with van der Waals surface area (Å²) in [5.41, 5.74) is 1.03. The van der Waals surface area contributed by atoms with Gasteiger partial charge in [-0.2, -0.15) is 5.10 Å². The highest BCUT2D eigenvalue weighted by Crippen LogP contribution is 2.22. The van der Waals surface area contributed by atoms with Crippen LogP contribution in [0.3, 0.4) is 0 Å². The van der Waals surface area contributed by atoms with Crippen molar-refractivity contribution in [1.29, 1.82) is 0 Å². The molecule has 2 atom stereocenters. The van der Waals surface area contributed by atoms with Gasteiger partial charge < -0.3 is 10.1 Å². The Morgan fingerprint density at radius 2 is 2.05 bits per heavy atom. The minimum absolute atomic E-state index is 0.304. The van der Waals surface area contributed by atoms with E-state index in [1.807, 2.05) is 18.3 Å². The van der Waals surface area contributed by atoms with Crippen molar-refractivity contribution in [3.8, 4) is 5.82 Å². The number of rotatable bonds is 3. The van der Waals surface area contributed by atoms with Crippen molar-refractivity contribution < 1.29 is 4.74 Å². The Morgan fingerprint density at radius 3 is 2.65 bits per heavy atom. The zero-order valence-corrected chi connectivity index (χ0v) is 11.7. The number of aromatic nitrogens is 4. The molecule has 1 aliphatic rings. The van der Waals surface area contributed by atoms with Gasteiger partial charge in [0.2, 0.25) is 0 Å². The summed E-state index contributed by atoms with van der Waals surface area (Å²) in [7, 11) is 0. The predicted molar refractivity (Wildman–Crippen MR) is 75.8 cm³/mol. The van der Waals surface area contributed by atoms with E-state index in [4.69, 9.17) is 4.74 Å². The van der Waals surface area contributed by atoms with E-state index in [2.05, 4.69) is 34.2 Å². The van der Waals surface area contributed by atoms with Crippen LogP contribution in [0.25, 0.3) is 5.82 Å².